The van der Waals surface area contributed by atoms with Gasteiger partial charge in [-0.15, -0.1) is 0 Å². The van der Waals surface area contributed by atoms with Gasteiger partial charge in [0.2, 0.25) is 0 Å². The summed E-state index contributed by atoms with van der Waals surface area (Å²) in [7, 11) is 0. The lowest BCUT2D eigenvalue weighted by molar-refractivity contribution is 0.0778. The number of likely N-dealkylation sites (tertiary alicyclic amines) is 2. The van der Waals surface area contributed by atoms with Crippen LogP contribution < -0.4 is 0 Å². The normalized spacial score (nSPS) is 25.2. The van der Waals surface area contributed by atoms with Gasteiger partial charge in [-0.25, -0.2) is 0 Å². The Morgan fingerprint density at radius 1 is 1.21 bits per heavy atom. The smallest absolute Gasteiger partial charge is 0.253 e. The quantitative estimate of drug-likeness (QED) is 0.908. The summed E-state index contributed by atoms with van der Waals surface area (Å²) < 4.78 is 0. The van der Waals surface area contributed by atoms with Gasteiger partial charge < -0.3 is 14.9 Å². The van der Waals surface area contributed by atoms with E-state index in [0.29, 0.717) is 23.0 Å². The van der Waals surface area contributed by atoms with E-state index >= 15 is 0 Å². The number of aryl methyl sites for hydroxylation is 1. The van der Waals surface area contributed by atoms with Gasteiger partial charge in [0.15, 0.2) is 0 Å². The van der Waals surface area contributed by atoms with E-state index in [4.69, 9.17) is 11.6 Å². The monoisotopic (exact) mass is 350 g/mol. The number of aliphatic hydroxyl groups excluding tert-OH is 1. The minimum absolute atomic E-state index is 0.0503. The van der Waals surface area contributed by atoms with Crippen LogP contribution in [0.4, 0.5) is 0 Å². The van der Waals surface area contributed by atoms with Crippen LogP contribution in [0.25, 0.3) is 0 Å². The van der Waals surface area contributed by atoms with E-state index in [0.717, 1.165) is 31.7 Å². The van der Waals surface area contributed by atoms with Gasteiger partial charge in [-0.1, -0.05) is 18.0 Å². The van der Waals surface area contributed by atoms with E-state index in [1.807, 2.05) is 17.9 Å². The fourth-order valence-corrected chi connectivity index (χ4v) is 4.07. The van der Waals surface area contributed by atoms with Crippen molar-refractivity contribution in [1.82, 2.24) is 9.80 Å². The molecule has 2 aliphatic heterocycles. The molecular weight excluding hydrogens is 324 g/mol. The summed E-state index contributed by atoms with van der Waals surface area (Å²) in [6.45, 7) is 6.76. The second kappa shape index (κ2) is 7.85. The minimum Gasteiger partial charge on any atom is -0.396 e. The third kappa shape index (κ3) is 3.93. The Morgan fingerprint density at radius 2 is 1.92 bits per heavy atom. The van der Waals surface area contributed by atoms with Gasteiger partial charge in [-0.05, 0) is 62.5 Å². The Morgan fingerprint density at radius 3 is 2.58 bits per heavy atom. The maximum atomic E-state index is 12.8. The highest BCUT2D eigenvalue weighted by molar-refractivity contribution is 6.31. The Bertz CT molecular complexity index is 587. The van der Waals surface area contributed by atoms with Gasteiger partial charge in [0, 0.05) is 42.7 Å². The summed E-state index contributed by atoms with van der Waals surface area (Å²) in [4.78, 5) is 17.2. The number of rotatable bonds is 4. The van der Waals surface area contributed by atoms with Crippen LogP contribution in [-0.2, 0) is 0 Å². The number of carbonyl (C=O) groups excluding carboxylic acids is 1. The molecule has 0 unspecified atom stereocenters. The van der Waals surface area contributed by atoms with E-state index in [2.05, 4.69) is 4.90 Å². The van der Waals surface area contributed by atoms with Crippen LogP contribution in [0.5, 0.6) is 0 Å². The molecule has 0 aromatic heterocycles. The lowest BCUT2D eigenvalue weighted by atomic mass is 9.95. The first-order valence-corrected chi connectivity index (χ1v) is 9.35. The molecular formula is C19H27ClN2O2. The topological polar surface area (TPSA) is 43.8 Å². The number of benzene rings is 1. The van der Waals surface area contributed by atoms with Crippen LogP contribution in [0, 0.1) is 18.8 Å². The molecule has 2 atom stereocenters. The van der Waals surface area contributed by atoms with Crippen molar-refractivity contribution < 1.29 is 9.90 Å². The largest absolute Gasteiger partial charge is 0.396 e. The van der Waals surface area contributed by atoms with Crippen molar-refractivity contribution >= 4 is 17.5 Å². The molecule has 24 heavy (non-hydrogen) atoms. The van der Waals surface area contributed by atoms with Gasteiger partial charge in [0.05, 0.1) is 0 Å². The highest BCUT2D eigenvalue weighted by Gasteiger charge is 2.36. The fraction of sp³-hybridized carbons (Fsp3) is 0.632. The second-order valence-electron chi connectivity index (χ2n) is 7.24. The maximum Gasteiger partial charge on any atom is 0.253 e. The first-order chi connectivity index (χ1) is 11.6. The SMILES string of the molecule is Cc1cc(C(=O)N2C[C@@H](CN3CCCCC3)[C@@H](CO)C2)ccc1Cl. The molecule has 0 radical (unpaired) electrons. The van der Waals surface area contributed by atoms with Crippen molar-refractivity contribution in [1.29, 1.82) is 0 Å². The molecule has 2 aliphatic rings. The van der Waals surface area contributed by atoms with Crippen LogP contribution in [0.2, 0.25) is 5.02 Å². The van der Waals surface area contributed by atoms with Crippen LogP contribution in [0.3, 0.4) is 0 Å². The lowest BCUT2D eigenvalue weighted by Crippen LogP contribution is -2.37. The summed E-state index contributed by atoms with van der Waals surface area (Å²) in [5.74, 6) is 0.601. The first-order valence-electron chi connectivity index (χ1n) is 8.97. The Kier molecular flexibility index (Phi) is 5.80. The average molecular weight is 351 g/mol. The van der Waals surface area contributed by atoms with Gasteiger partial charge >= 0.3 is 0 Å². The van der Waals surface area contributed by atoms with Crippen molar-refractivity contribution in [2.75, 3.05) is 39.3 Å². The second-order valence-corrected chi connectivity index (χ2v) is 7.65. The Hall–Kier alpha value is -1.10. The standard InChI is InChI=1S/C19H27ClN2O2/c1-14-9-15(5-6-18(14)20)19(24)22-11-16(17(12-22)13-23)10-21-7-3-2-4-8-21/h5-6,9,16-17,23H,2-4,7-8,10-13H2,1H3/t16-,17-/m1/s1. The predicted octanol–water partition coefficient (Wildman–Crippen LogP) is 2.81. The molecule has 1 N–H and O–H groups in total. The number of hydrogen-bond acceptors (Lipinski definition) is 3. The third-order valence-corrected chi connectivity index (χ3v) is 5.87. The molecule has 1 amide bonds. The van der Waals surface area contributed by atoms with Crippen LogP contribution in [0.15, 0.2) is 18.2 Å². The summed E-state index contributed by atoms with van der Waals surface area (Å²) in [6, 6.07) is 5.44. The zero-order chi connectivity index (χ0) is 17.1. The number of nitrogens with zero attached hydrogens (tertiary/aromatic N) is 2. The van der Waals surface area contributed by atoms with E-state index in [1.165, 1.54) is 19.3 Å². The first kappa shape index (κ1) is 17.7. The van der Waals surface area contributed by atoms with E-state index in [1.54, 1.807) is 12.1 Å². The van der Waals surface area contributed by atoms with Crippen LogP contribution in [-0.4, -0.2) is 60.1 Å². The number of amides is 1. The minimum atomic E-state index is 0.0503. The van der Waals surface area contributed by atoms with Gasteiger partial charge in [-0.2, -0.15) is 0 Å². The molecule has 0 bridgehead atoms. The molecule has 4 nitrogen and oxygen atoms in total. The molecule has 0 spiro atoms. The van der Waals surface area contributed by atoms with Crippen molar-refractivity contribution in [2.45, 2.75) is 26.2 Å². The highest BCUT2D eigenvalue weighted by Crippen LogP contribution is 2.27. The van der Waals surface area contributed by atoms with Gasteiger partial charge in [0.1, 0.15) is 0 Å². The van der Waals surface area contributed by atoms with Crippen LogP contribution >= 0.6 is 11.6 Å². The number of hydrogen-bond donors (Lipinski definition) is 1. The summed E-state index contributed by atoms with van der Waals surface area (Å²) in [5, 5.41) is 10.4. The number of piperidine rings is 1. The predicted molar refractivity (Wildman–Crippen MR) is 96.4 cm³/mol. The zero-order valence-corrected chi connectivity index (χ0v) is 15.1. The molecule has 1 aromatic carbocycles. The highest BCUT2D eigenvalue weighted by atomic mass is 35.5. The van der Waals surface area contributed by atoms with E-state index < -0.39 is 0 Å². The number of carbonyl (C=O) groups is 1. The lowest BCUT2D eigenvalue weighted by Gasteiger charge is -2.30. The molecule has 3 rings (SSSR count). The molecule has 132 valence electrons. The zero-order valence-electron chi connectivity index (χ0n) is 14.4. The molecule has 0 saturated carbocycles. The van der Waals surface area contributed by atoms with Crippen molar-refractivity contribution in [2.24, 2.45) is 11.8 Å². The molecule has 2 heterocycles. The third-order valence-electron chi connectivity index (χ3n) is 5.44. The summed E-state index contributed by atoms with van der Waals surface area (Å²) in [5.41, 5.74) is 1.61. The van der Waals surface area contributed by atoms with E-state index in [-0.39, 0.29) is 18.4 Å². The Balaban J connectivity index is 1.66. The van der Waals surface area contributed by atoms with Crippen molar-refractivity contribution in [3.05, 3.63) is 34.3 Å². The van der Waals surface area contributed by atoms with Crippen molar-refractivity contribution in [3.63, 3.8) is 0 Å². The molecule has 1 aromatic rings. The molecule has 2 fully saturated rings. The summed E-state index contributed by atoms with van der Waals surface area (Å²) >= 11 is 6.06. The average Bonchev–Trinajstić information content (AvgIpc) is 3.00. The van der Waals surface area contributed by atoms with E-state index in [9.17, 15) is 9.90 Å². The molecule has 5 heteroatoms. The van der Waals surface area contributed by atoms with Gasteiger partial charge in [-0.3, -0.25) is 4.79 Å². The number of halogens is 1. The Labute approximate surface area is 149 Å². The van der Waals surface area contributed by atoms with Crippen LogP contribution in [0.1, 0.15) is 35.2 Å². The summed E-state index contributed by atoms with van der Waals surface area (Å²) in [6.07, 6.45) is 3.86. The molecule has 2 saturated heterocycles. The number of aliphatic hydroxyl groups is 1. The van der Waals surface area contributed by atoms with Crippen molar-refractivity contribution in [3.8, 4) is 0 Å². The maximum absolute atomic E-state index is 12.8. The molecule has 0 aliphatic carbocycles. The fourth-order valence-electron chi connectivity index (χ4n) is 3.95. The van der Waals surface area contributed by atoms with Gasteiger partial charge in [0.25, 0.3) is 5.91 Å².